The van der Waals surface area contributed by atoms with E-state index in [9.17, 15) is 9.59 Å². The van der Waals surface area contributed by atoms with Crippen LogP contribution < -0.4 is 0 Å². The van der Waals surface area contributed by atoms with Crippen molar-refractivity contribution in [3.8, 4) is 0 Å². The summed E-state index contributed by atoms with van der Waals surface area (Å²) in [5, 5.41) is 0. The Hall–Kier alpha value is -2.62. The van der Waals surface area contributed by atoms with E-state index >= 15 is 0 Å². The molecular weight excluding hydrogens is 304 g/mol. The smallest absolute Gasteiger partial charge is 0.328 e. The van der Waals surface area contributed by atoms with E-state index in [-0.39, 0.29) is 19.6 Å². The van der Waals surface area contributed by atoms with Gasteiger partial charge in [-0.2, -0.15) is 0 Å². The highest BCUT2D eigenvalue weighted by Crippen LogP contribution is 2.32. The molecule has 0 fully saturated rings. The second-order valence-corrected chi connectivity index (χ2v) is 5.37. The van der Waals surface area contributed by atoms with Crippen LogP contribution in [-0.2, 0) is 30.9 Å². The van der Waals surface area contributed by atoms with Crippen molar-refractivity contribution in [2.75, 3.05) is 13.2 Å². The first-order valence-electron chi connectivity index (χ1n) is 8.09. The van der Waals surface area contributed by atoms with Crippen molar-refractivity contribution in [3.63, 3.8) is 0 Å². The highest BCUT2D eigenvalue weighted by atomic mass is 16.6. The molecule has 0 N–H and O–H groups in total. The third-order valence-electron chi connectivity index (χ3n) is 3.83. The van der Waals surface area contributed by atoms with Crippen molar-refractivity contribution in [1.82, 2.24) is 0 Å². The van der Waals surface area contributed by atoms with Gasteiger partial charge in [-0.1, -0.05) is 60.7 Å². The predicted molar refractivity (Wildman–Crippen MR) is 91.5 cm³/mol. The van der Waals surface area contributed by atoms with Crippen molar-refractivity contribution in [2.45, 2.75) is 25.7 Å². The van der Waals surface area contributed by atoms with E-state index < -0.39 is 17.4 Å². The van der Waals surface area contributed by atoms with Gasteiger partial charge in [-0.25, -0.2) is 0 Å². The summed E-state index contributed by atoms with van der Waals surface area (Å²) in [5.41, 5.74) is -0.0672. The molecule has 0 bridgehead atoms. The molecule has 126 valence electrons. The maximum absolute atomic E-state index is 12.9. The molecule has 0 saturated heterocycles. The van der Waals surface area contributed by atoms with Crippen LogP contribution in [0.15, 0.2) is 60.7 Å². The van der Waals surface area contributed by atoms with Crippen molar-refractivity contribution in [2.24, 2.45) is 0 Å². The van der Waals surface area contributed by atoms with Gasteiger partial charge < -0.3 is 9.47 Å². The molecule has 0 aromatic heterocycles. The van der Waals surface area contributed by atoms with Crippen LogP contribution in [0.4, 0.5) is 0 Å². The van der Waals surface area contributed by atoms with Crippen LogP contribution in [0, 0.1) is 0 Å². The third-order valence-corrected chi connectivity index (χ3v) is 3.83. The summed E-state index contributed by atoms with van der Waals surface area (Å²) in [5.74, 6) is -1.17. The van der Waals surface area contributed by atoms with E-state index in [2.05, 4.69) is 0 Å². The number of rotatable bonds is 7. The lowest BCUT2D eigenvalue weighted by Gasteiger charge is -2.29. The minimum atomic E-state index is -1.51. The fourth-order valence-corrected chi connectivity index (χ4v) is 2.70. The Labute approximate surface area is 142 Å². The molecule has 0 heterocycles. The van der Waals surface area contributed by atoms with Crippen LogP contribution in [0.2, 0.25) is 0 Å². The molecule has 0 aliphatic heterocycles. The van der Waals surface area contributed by atoms with Crippen molar-refractivity contribution < 1.29 is 19.1 Å². The summed E-state index contributed by atoms with van der Waals surface area (Å²) < 4.78 is 10.5. The van der Waals surface area contributed by atoms with Crippen LogP contribution in [0.5, 0.6) is 0 Å². The van der Waals surface area contributed by atoms with Gasteiger partial charge in [0.2, 0.25) is 0 Å². The van der Waals surface area contributed by atoms with E-state index in [0.717, 1.165) is 5.56 Å². The molecule has 0 amide bonds. The number of hydrogen-bond donors (Lipinski definition) is 0. The first-order chi connectivity index (χ1) is 11.6. The van der Waals surface area contributed by atoms with Crippen molar-refractivity contribution in [3.05, 3.63) is 71.8 Å². The standard InChI is InChI=1S/C20H22O4/c1-3-23-18(21)20(19(22)24-4-2,17-13-9-6-10-14-17)15-16-11-7-5-8-12-16/h5-14H,3-4,15H2,1-2H3. The second kappa shape index (κ2) is 8.29. The van der Waals surface area contributed by atoms with Gasteiger partial charge in [-0.05, 0) is 25.0 Å². The summed E-state index contributed by atoms with van der Waals surface area (Å²) >= 11 is 0. The van der Waals surface area contributed by atoms with E-state index in [1.807, 2.05) is 36.4 Å². The fraction of sp³-hybridized carbons (Fsp3) is 0.300. The van der Waals surface area contributed by atoms with Gasteiger partial charge in [-0.15, -0.1) is 0 Å². The third kappa shape index (κ3) is 3.65. The zero-order valence-electron chi connectivity index (χ0n) is 14.0. The first kappa shape index (κ1) is 17.7. The van der Waals surface area contributed by atoms with E-state index in [1.165, 1.54) is 0 Å². The Balaban J connectivity index is 2.58. The van der Waals surface area contributed by atoms with Gasteiger partial charge in [0.1, 0.15) is 0 Å². The second-order valence-electron chi connectivity index (χ2n) is 5.37. The molecule has 4 heteroatoms. The van der Waals surface area contributed by atoms with Crippen LogP contribution in [-0.4, -0.2) is 25.2 Å². The molecule has 4 nitrogen and oxygen atoms in total. The van der Waals surface area contributed by atoms with Crippen LogP contribution in [0.25, 0.3) is 0 Å². The summed E-state index contributed by atoms with van der Waals surface area (Å²) in [6.07, 6.45) is 0.190. The lowest BCUT2D eigenvalue weighted by Crippen LogP contribution is -2.48. The molecule has 0 aliphatic rings. The Bertz CT molecular complexity index is 647. The number of ether oxygens (including phenoxy) is 2. The molecule has 0 saturated carbocycles. The van der Waals surface area contributed by atoms with Crippen molar-refractivity contribution in [1.29, 1.82) is 0 Å². The van der Waals surface area contributed by atoms with Gasteiger partial charge in [0.25, 0.3) is 0 Å². The first-order valence-corrected chi connectivity index (χ1v) is 8.09. The zero-order chi connectivity index (χ0) is 17.4. The number of carbonyl (C=O) groups is 2. The quantitative estimate of drug-likeness (QED) is 0.579. The van der Waals surface area contributed by atoms with Gasteiger partial charge in [-0.3, -0.25) is 9.59 Å². The minimum Gasteiger partial charge on any atom is -0.465 e. The molecule has 0 spiro atoms. The van der Waals surface area contributed by atoms with E-state index in [1.54, 1.807) is 38.1 Å². The Morgan fingerprint density at radius 1 is 0.792 bits per heavy atom. The van der Waals surface area contributed by atoms with Crippen LogP contribution in [0.3, 0.4) is 0 Å². The lowest BCUT2D eigenvalue weighted by atomic mass is 9.75. The maximum atomic E-state index is 12.9. The van der Waals surface area contributed by atoms with Gasteiger partial charge >= 0.3 is 11.9 Å². The topological polar surface area (TPSA) is 52.6 Å². The Kier molecular flexibility index (Phi) is 6.13. The maximum Gasteiger partial charge on any atom is 0.328 e. The molecule has 2 rings (SSSR count). The summed E-state index contributed by atoms with van der Waals surface area (Å²) in [6.45, 7) is 3.84. The Morgan fingerprint density at radius 2 is 1.25 bits per heavy atom. The molecule has 0 unspecified atom stereocenters. The number of benzene rings is 2. The average molecular weight is 326 g/mol. The molecule has 24 heavy (non-hydrogen) atoms. The van der Waals surface area contributed by atoms with Crippen molar-refractivity contribution >= 4 is 11.9 Å². The minimum absolute atomic E-state index is 0.190. The summed E-state index contributed by atoms with van der Waals surface area (Å²) in [6, 6.07) is 18.4. The van der Waals surface area contributed by atoms with E-state index in [4.69, 9.17) is 9.47 Å². The van der Waals surface area contributed by atoms with Gasteiger partial charge in [0, 0.05) is 6.42 Å². The zero-order valence-corrected chi connectivity index (χ0v) is 14.0. The van der Waals surface area contributed by atoms with Gasteiger partial charge in [0.05, 0.1) is 13.2 Å². The average Bonchev–Trinajstić information content (AvgIpc) is 2.61. The van der Waals surface area contributed by atoms with Crippen LogP contribution >= 0.6 is 0 Å². The van der Waals surface area contributed by atoms with Crippen LogP contribution in [0.1, 0.15) is 25.0 Å². The summed E-state index contributed by atoms with van der Waals surface area (Å²) in [4.78, 5) is 25.7. The lowest BCUT2D eigenvalue weighted by molar-refractivity contribution is -0.164. The number of carbonyl (C=O) groups excluding carboxylic acids is 2. The largest absolute Gasteiger partial charge is 0.465 e. The molecule has 0 aliphatic carbocycles. The normalized spacial score (nSPS) is 10.9. The van der Waals surface area contributed by atoms with Gasteiger partial charge in [0.15, 0.2) is 5.41 Å². The predicted octanol–water partition coefficient (Wildman–Crippen LogP) is 3.29. The number of esters is 2. The number of hydrogen-bond acceptors (Lipinski definition) is 4. The molecule has 0 atom stereocenters. The molecule has 2 aromatic rings. The molecule has 0 radical (unpaired) electrons. The summed E-state index contributed by atoms with van der Waals surface area (Å²) in [7, 11) is 0. The monoisotopic (exact) mass is 326 g/mol. The Morgan fingerprint density at radius 3 is 1.71 bits per heavy atom. The highest BCUT2D eigenvalue weighted by Gasteiger charge is 2.50. The fourth-order valence-electron chi connectivity index (χ4n) is 2.70. The molecular formula is C20H22O4. The highest BCUT2D eigenvalue weighted by molar-refractivity contribution is 6.06. The SMILES string of the molecule is CCOC(=O)C(Cc1ccccc1)(C(=O)OCC)c1ccccc1. The van der Waals surface area contributed by atoms with E-state index in [0.29, 0.717) is 5.56 Å². The molecule has 2 aromatic carbocycles.